The highest BCUT2D eigenvalue weighted by Gasteiger charge is 2.14. The molecule has 0 amide bonds. The molecular weight excluding hydrogens is 254 g/mol. The van der Waals surface area contributed by atoms with E-state index in [9.17, 15) is 4.79 Å². The first kappa shape index (κ1) is 13.6. The van der Waals surface area contributed by atoms with E-state index in [0.29, 0.717) is 16.8 Å². The topological polar surface area (TPSA) is 89.0 Å². The predicted molar refractivity (Wildman–Crippen MR) is 73.7 cm³/mol. The quantitative estimate of drug-likeness (QED) is 0.680. The Labute approximate surface area is 116 Å². The Bertz CT molecular complexity index is 670. The van der Waals surface area contributed by atoms with E-state index in [1.807, 2.05) is 6.07 Å². The Morgan fingerprint density at radius 3 is 2.95 bits per heavy atom. The lowest BCUT2D eigenvalue weighted by Crippen LogP contribution is -2.10. The van der Waals surface area contributed by atoms with Gasteiger partial charge in [-0.25, -0.2) is 9.78 Å². The molecular formula is C15H13N3O2. The second-order valence-corrected chi connectivity index (χ2v) is 4.28. The highest BCUT2D eigenvalue weighted by atomic mass is 16.5. The number of ether oxygens (including phenoxy) is 1. The summed E-state index contributed by atoms with van der Waals surface area (Å²) >= 11 is 0. The van der Waals surface area contributed by atoms with Gasteiger partial charge in [-0.05, 0) is 36.2 Å². The molecule has 0 atom stereocenters. The summed E-state index contributed by atoms with van der Waals surface area (Å²) in [6, 6.07) is 10.4. The second kappa shape index (κ2) is 5.85. The second-order valence-electron chi connectivity index (χ2n) is 4.28. The molecule has 0 radical (unpaired) electrons. The lowest BCUT2D eigenvalue weighted by molar-refractivity contribution is 0.0473. The minimum atomic E-state index is -0.476. The highest BCUT2D eigenvalue weighted by molar-refractivity contribution is 5.96. The molecule has 1 aromatic carbocycles. The molecule has 0 unspecified atom stereocenters. The maximum atomic E-state index is 12.0. The van der Waals surface area contributed by atoms with Gasteiger partial charge in [0.25, 0.3) is 0 Å². The minimum absolute atomic E-state index is 0.0732. The molecule has 0 saturated heterocycles. The predicted octanol–water partition coefficient (Wildman–Crippen LogP) is 2.20. The summed E-state index contributed by atoms with van der Waals surface area (Å²) in [6.07, 6.45) is 1.50. The Balaban J connectivity index is 2.11. The van der Waals surface area contributed by atoms with Crippen LogP contribution in [0.5, 0.6) is 0 Å². The number of nitriles is 1. The van der Waals surface area contributed by atoms with Crippen LogP contribution in [0.4, 0.5) is 5.69 Å². The third kappa shape index (κ3) is 2.93. The van der Waals surface area contributed by atoms with Crippen molar-refractivity contribution in [1.82, 2.24) is 4.98 Å². The Kier molecular flexibility index (Phi) is 3.96. The summed E-state index contributed by atoms with van der Waals surface area (Å²) in [4.78, 5) is 15.9. The van der Waals surface area contributed by atoms with Gasteiger partial charge in [0.1, 0.15) is 18.4 Å². The lowest BCUT2D eigenvalue weighted by atomic mass is 10.1. The van der Waals surface area contributed by atoms with E-state index in [0.717, 1.165) is 5.56 Å². The summed E-state index contributed by atoms with van der Waals surface area (Å²) < 4.78 is 5.22. The molecule has 0 fully saturated rings. The van der Waals surface area contributed by atoms with E-state index in [1.165, 1.54) is 6.20 Å². The fraction of sp³-hybridized carbons (Fsp3) is 0.133. The fourth-order valence-electron chi connectivity index (χ4n) is 1.82. The smallest absolute Gasteiger partial charge is 0.340 e. The molecule has 0 spiro atoms. The van der Waals surface area contributed by atoms with Crippen molar-refractivity contribution in [2.75, 3.05) is 5.73 Å². The van der Waals surface area contributed by atoms with Crippen LogP contribution in [0.25, 0.3) is 0 Å². The number of benzene rings is 1. The Hall–Kier alpha value is -2.87. The monoisotopic (exact) mass is 267 g/mol. The van der Waals surface area contributed by atoms with Gasteiger partial charge >= 0.3 is 5.97 Å². The first-order valence-corrected chi connectivity index (χ1v) is 5.99. The highest BCUT2D eigenvalue weighted by Crippen LogP contribution is 2.18. The molecule has 2 N–H and O–H groups in total. The van der Waals surface area contributed by atoms with Gasteiger partial charge < -0.3 is 10.5 Å². The van der Waals surface area contributed by atoms with Gasteiger partial charge in [0.2, 0.25) is 0 Å². The number of hydrogen-bond donors (Lipinski definition) is 1. The van der Waals surface area contributed by atoms with Gasteiger partial charge in [-0.1, -0.05) is 12.1 Å². The normalized spacial score (nSPS) is 9.80. The number of carbonyl (C=O) groups excluding carboxylic acids is 1. The summed E-state index contributed by atoms with van der Waals surface area (Å²) in [7, 11) is 0. The number of esters is 1. The molecule has 20 heavy (non-hydrogen) atoms. The number of aromatic nitrogens is 1. The third-order valence-electron chi connectivity index (χ3n) is 2.82. The Morgan fingerprint density at radius 2 is 2.25 bits per heavy atom. The van der Waals surface area contributed by atoms with Gasteiger partial charge in [-0.3, -0.25) is 0 Å². The van der Waals surface area contributed by atoms with Crippen LogP contribution in [-0.4, -0.2) is 11.0 Å². The number of aryl methyl sites for hydroxylation is 1. The lowest BCUT2D eigenvalue weighted by Gasteiger charge is -2.09. The van der Waals surface area contributed by atoms with Crippen LogP contribution in [0, 0.1) is 18.3 Å². The summed E-state index contributed by atoms with van der Waals surface area (Å²) in [6.45, 7) is 1.87. The van der Waals surface area contributed by atoms with Gasteiger partial charge in [-0.15, -0.1) is 0 Å². The van der Waals surface area contributed by atoms with E-state index < -0.39 is 5.97 Å². The van der Waals surface area contributed by atoms with Crippen LogP contribution >= 0.6 is 0 Å². The molecule has 5 heteroatoms. The van der Waals surface area contributed by atoms with Crippen molar-refractivity contribution < 1.29 is 9.53 Å². The minimum Gasteiger partial charge on any atom is -0.457 e. The maximum absolute atomic E-state index is 12.0. The van der Waals surface area contributed by atoms with Crippen molar-refractivity contribution in [2.45, 2.75) is 13.5 Å². The van der Waals surface area contributed by atoms with Crippen LogP contribution in [0.1, 0.15) is 27.2 Å². The number of nitrogens with zero attached hydrogens (tertiary/aromatic N) is 2. The number of rotatable bonds is 3. The average Bonchev–Trinajstić information content (AvgIpc) is 2.45. The van der Waals surface area contributed by atoms with E-state index in [1.54, 1.807) is 37.3 Å². The van der Waals surface area contributed by atoms with Crippen molar-refractivity contribution >= 4 is 11.7 Å². The molecule has 0 saturated carbocycles. The number of nitrogen functional groups attached to an aromatic ring is 1. The summed E-state index contributed by atoms with van der Waals surface area (Å²) in [5.41, 5.74) is 8.31. The molecule has 2 rings (SSSR count). The standard InChI is InChI=1S/C15H13N3O2/c1-10-3-2-4-13(17)14(10)15(19)20-9-11-5-6-18-12(7-11)8-16/h2-7H,9,17H2,1H3. The van der Waals surface area contributed by atoms with Crippen LogP contribution < -0.4 is 5.73 Å². The molecule has 5 nitrogen and oxygen atoms in total. The molecule has 1 aromatic heterocycles. The third-order valence-corrected chi connectivity index (χ3v) is 2.82. The van der Waals surface area contributed by atoms with Crippen LogP contribution in [-0.2, 0) is 11.3 Å². The molecule has 0 aliphatic heterocycles. The zero-order valence-electron chi connectivity index (χ0n) is 11.0. The van der Waals surface area contributed by atoms with Crippen LogP contribution in [0.15, 0.2) is 36.5 Å². The van der Waals surface area contributed by atoms with Gasteiger partial charge in [0.05, 0.1) is 5.56 Å². The molecule has 0 aliphatic carbocycles. The van der Waals surface area contributed by atoms with Gasteiger partial charge in [0, 0.05) is 11.9 Å². The molecule has 0 aliphatic rings. The largest absolute Gasteiger partial charge is 0.457 e. The number of pyridine rings is 1. The average molecular weight is 267 g/mol. The zero-order chi connectivity index (χ0) is 14.5. The number of hydrogen-bond acceptors (Lipinski definition) is 5. The first-order valence-electron chi connectivity index (χ1n) is 5.99. The van der Waals surface area contributed by atoms with Crippen LogP contribution in [0.3, 0.4) is 0 Å². The number of nitrogens with two attached hydrogens (primary N) is 1. The van der Waals surface area contributed by atoms with Crippen molar-refractivity contribution in [3.63, 3.8) is 0 Å². The van der Waals surface area contributed by atoms with Gasteiger partial charge in [-0.2, -0.15) is 5.26 Å². The molecule has 1 heterocycles. The summed E-state index contributed by atoms with van der Waals surface area (Å²) in [5.74, 6) is -0.476. The van der Waals surface area contributed by atoms with E-state index in [4.69, 9.17) is 15.7 Å². The summed E-state index contributed by atoms with van der Waals surface area (Å²) in [5, 5.41) is 8.75. The molecule has 100 valence electrons. The van der Waals surface area contributed by atoms with Crippen molar-refractivity contribution in [3.8, 4) is 6.07 Å². The zero-order valence-corrected chi connectivity index (χ0v) is 11.0. The maximum Gasteiger partial charge on any atom is 0.340 e. The van der Waals surface area contributed by atoms with Gasteiger partial charge in [0.15, 0.2) is 0 Å². The molecule has 0 bridgehead atoms. The molecule has 2 aromatic rings. The van der Waals surface area contributed by atoms with Crippen LogP contribution in [0.2, 0.25) is 0 Å². The van der Waals surface area contributed by atoms with Crippen molar-refractivity contribution in [1.29, 1.82) is 5.26 Å². The number of anilines is 1. The number of carbonyl (C=O) groups is 1. The Morgan fingerprint density at radius 1 is 1.45 bits per heavy atom. The van der Waals surface area contributed by atoms with Crippen molar-refractivity contribution in [3.05, 3.63) is 58.9 Å². The SMILES string of the molecule is Cc1cccc(N)c1C(=O)OCc1ccnc(C#N)c1. The van der Waals surface area contributed by atoms with E-state index in [-0.39, 0.29) is 12.3 Å². The van der Waals surface area contributed by atoms with E-state index >= 15 is 0 Å². The van der Waals surface area contributed by atoms with Crippen molar-refractivity contribution in [2.24, 2.45) is 0 Å². The first-order chi connectivity index (χ1) is 9.61. The van der Waals surface area contributed by atoms with E-state index in [2.05, 4.69) is 4.98 Å². The fourth-order valence-corrected chi connectivity index (χ4v) is 1.82.